The molecule has 0 aliphatic rings. The Kier molecular flexibility index (Phi) is 3.53. The molecule has 0 spiro atoms. The molecule has 0 unspecified atom stereocenters. The summed E-state index contributed by atoms with van der Waals surface area (Å²) in [4.78, 5) is 0. The van der Waals surface area contributed by atoms with Crippen molar-refractivity contribution < 1.29 is 25.6 Å². The maximum atomic E-state index is 12.3. The third-order valence-corrected chi connectivity index (χ3v) is 1.20. The van der Waals surface area contributed by atoms with E-state index in [1.165, 1.54) is 25.1 Å². The van der Waals surface area contributed by atoms with Crippen LogP contribution in [0.15, 0.2) is 18.2 Å². The summed E-state index contributed by atoms with van der Waals surface area (Å²) in [5, 5.41) is 0. The number of halogens is 2. The van der Waals surface area contributed by atoms with E-state index in [1.807, 2.05) is 0 Å². The standard InChI is InChI=1S/C7H6F2.Co/c1-5-6(8)3-2-4-7(5)9;/h2-4H,1H3;. The van der Waals surface area contributed by atoms with Gasteiger partial charge in [-0.15, -0.1) is 0 Å². The summed E-state index contributed by atoms with van der Waals surface area (Å²) in [5.74, 6) is -0.981. The molecule has 0 amide bonds. The van der Waals surface area contributed by atoms with Crippen LogP contribution < -0.4 is 0 Å². The fourth-order valence-electron chi connectivity index (χ4n) is 0.581. The first-order chi connectivity index (χ1) is 4.22. The first-order valence-corrected chi connectivity index (χ1v) is 2.62. The number of benzene rings is 1. The van der Waals surface area contributed by atoms with Gasteiger partial charge >= 0.3 is 0 Å². The quantitative estimate of drug-likeness (QED) is 0.584. The van der Waals surface area contributed by atoms with Gasteiger partial charge in [0.15, 0.2) is 0 Å². The minimum absolute atomic E-state index is 0. The van der Waals surface area contributed by atoms with Crippen molar-refractivity contribution in [3.05, 3.63) is 35.4 Å². The molecular weight excluding hydrogens is 181 g/mol. The maximum Gasteiger partial charge on any atom is 0.129 e. The van der Waals surface area contributed by atoms with E-state index >= 15 is 0 Å². The molecule has 1 aromatic carbocycles. The van der Waals surface area contributed by atoms with Crippen LogP contribution in [0.1, 0.15) is 5.56 Å². The molecule has 0 saturated carbocycles. The maximum absolute atomic E-state index is 12.3. The van der Waals surface area contributed by atoms with E-state index in [0.717, 1.165) is 0 Å². The Balaban J connectivity index is 0.000000810. The topological polar surface area (TPSA) is 0 Å². The van der Waals surface area contributed by atoms with Gasteiger partial charge in [-0.1, -0.05) is 6.07 Å². The van der Waals surface area contributed by atoms with Crippen LogP contribution >= 0.6 is 0 Å². The average molecular weight is 187 g/mol. The van der Waals surface area contributed by atoms with Crippen LogP contribution in [0.5, 0.6) is 0 Å². The minimum atomic E-state index is -0.491. The Bertz CT molecular complexity index is 203. The van der Waals surface area contributed by atoms with Gasteiger partial charge in [0.05, 0.1) is 0 Å². The summed E-state index contributed by atoms with van der Waals surface area (Å²) in [6, 6.07) is 3.81. The van der Waals surface area contributed by atoms with Gasteiger partial charge in [0.2, 0.25) is 0 Å². The second kappa shape index (κ2) is 3.68. The summed E-state index contributed by atoms with van der Waals surface area (Å²) in [7, 11) is 0. The van der Waals surface area contributed by atoms with Crippen molar-refractivity contribution in [2.75, 3.05) is 0 Å². The van der Waals surface area contributed by atoms with E-state index in [4.69, 9.17) is 0 Å². The number of hydrogen-bond acceptors (Lipinski definition) is 0. The van der Waals surface area contributed by atoms with Gasteiger partial charge in [0, 0.05) is 22.3 Å². The van der Waals surface area contributed by atoms with Crippen LogP contribution in [-0.4, -0.2) is 0 Å². The normalized spacial score (nSPS) is 8.70. The zero-order valence-electron chi connectivity index (χ0n) is 5.32. The van der Waals surface area contributed by atoms with E-state index < -0.39 is 11.6 Å². The molecule has 0 atom stereocenters. The van der Waals surface area contributed by atoms with E-state index in [9.17, 15) is 8.78 Å². The Morgan fingerprint density at radius 2 is 1.50 bits per heavy atom. The fraction of sp³-hybridized carbons (Fsp3) is 0.143. The van der Waals surface area contributed by atoms with Crippen LogP contribution in [0, 0.1) is 18.6 Å². The molecule has 0 fully saturated rings. The fourth-order valence-corrected chi connectivity index (χ4v) is 0.581. The molecule has 0 aliphatic carbocycles. The third-order valence-electron chi connectivity index (χ3n) is 1.20. The van der Waals surface area contributed by atoms with Crippen molar-refractivity contribution in [2.45, 2.75) is 6.92 Å². The summed E-state index contributed by atoms with van der Waals surface area (Å²) in [5.41, 5.74) is 0.0810. The largest absolute Gasteiger partial charge is 0.207 e. The van der Waals surface area contributed by atoms with Crippen LogP contribution in [-0.2, 0) is 16.8 Å². The van der Waals surface area contributed by atoms with E-state index in [0.29, 0.717) is 0 Å². The molecular formula is C7H6CoF2. The van der Waals surface area contributed by atoms with Gasteiger partial charge < -0.3 is 0 Å². The molecule has 1 rings (SSSR count). The second-order valence-electron chi connectivity index (χ2n) is 1.85. The van der Waals surface area contributed by atoms with Crippen molar-refractivity contribution >= 4 is 0 Å². The van der Waals surface area contributed by atoms with Gasteiger partial charge in [-0.25, -0.2) is 8.78 Å². The van der Waals surface area contributed by atoms with Gasteiger partial charge in [0.1, 0.15) is 11.6 Å². The summed E-state index contributed by atoms with van der Waals surface area (Å²) in [6.07, 6.45) is 0. The molecule has 57 valence electrons. The molecule has 0 saturated heterocycles. The molecule has 0 aromatic heterocycles. The van der Waals surface area contributed by atoms with Crippen LogP contribution in [0.2, 0.25) is 0 Å². The molecule has 3 heteroatoms. The predicted octanol–water partition coefficient (Wildman–Crippen LogP) is 2.27. The third kappa shape index (κ3) is 1.78. The van der Waals surface area contributed by atoms with E-state index in [2.05, 4.69) is 0 Å². The average Bonchev–Trinajstić information content (AvgIpc) is 1.83. The summed E-state index contributed by atoms with van der Waals surface area (Å²) < 4.78 is 24.7. The molecule has 0 N–H and O–H groups in total. The van der Waals surface area contributed by atoms with Crippen molar-refractivity contribution in [3.63, 3.8) is 0 Å². The van der Waals surface area contributed by atoms with Crippen molar-refractivity contribution in [2.24, 2.45) is 0 Å². The molecule has 1 radical (unpaired) electrons. The predicted molar refractivity (Wildman–Crippen MR) is 31.1 cm³/mol. The smallest absolute Gasteiger partial charge is 0.129 e. The zero-order valence-corrected chi connectivity index (χ0v) is 6.36. The first-order valence-electron chi connectivity index (χ1n) is 2.62. The minimum Gasteiger partial charge on any atom is -0.207 e. The zero-order chi connectivity index (χ0) is 6.85. The molecule has 0 nitrogen and oxygen atoms in total. The number of hydrogen-bond donors (Lipinski definition) is 0. The van der Waals surface area contributed by atoms with Gasteiger partial charge in [-0.2, -0.15) is 0 Å². The second-order valence-corrected chi connectivity index (χ2v) is 1.85. The van der Waals surface area contributed by atoms with Crippen molar-refractivity contribution in [1.82, 2.24) is 0 Å². The molecule has 0 aliphatic heterocycles. The summed E-state index contributed by atoms with van der Waals surface area (Å²) >= 11 is 0. The SMILES string of the molecule is Cc1c(F)cccc1F.[Co]. The van der Waals surface area contributed by atoms with E-state index in [1.54, 1.807) is 0 Å². The van der Waals surface area contributed by atoms with Crippen molar-refractivity contribution in [1.29, 1.82) is 0 Å². The monoisotopic (exact) mass is 187 g/mol. The molecule has 1 aromatic rings. The Labute approximate surface area is 68.4 Å². The van der Waals surface area contributed by atoms with Crippen LogP contribution in [0.25, 0.3) is 0 Å². The van der Waals surface area contributed by atoms with E-state index in [-0.39, 0.29) is 22.3 Å². The Morgan fingerprint density at radius 1 is 1.10 bits per heavy atom. The van der Waals surface area contributed by atoms with Crippen LogP contribution in [0.3, 0.4) is 0 Å². The van der Waals surface area contributed by atoms with Gasteiger partial charge in [-0.3, -0.25) is 0 Å². The first kappa shape index (κ1) is 9.59. The van der Waals surface area contributed by atoms with Gasteiger partial charge in [-0.05, 0) is 19.1 Å². The molecule has 10 heavy (non-hydrogen) atoms. The Hall–Kier alpha value is -0.414. The van der Waals surface area contributed by atoms with Gasteiger partial charge in [0.25, 0.3) is 0 Å². The van der Waals surface area contributed by atoms with Crippen molar-refractivity contribution in [3.8, 4) is 0 Å². The molecule has 0 bridgehead atoms. The van der Waals surface area contributed by atoms with Crippen LogP contribution in [0.4, 0.5) is 8.78 Å². The Morgan fingerprint density at radius 3 is 1.80 bits per heavy atom. The number of rotatable bonds is 0. The summed E-state index contributed by atoms with van der Waals surface area (Å²) in [6.45, 7) is 1.41. The molecule has 0 heterocycles.